The molecule has 3 aromatic rings. The van der Waals surface area contributed by atoms with E-state index in [-0.39, 0.29) is 12.2 Å². The third kappa shape index (κ3) is 4.30. The molecule has 0 bridgehead atoms. The van der Waals surface area contributed by atoms with Gasteiger partial charge in [0.25, 0.3) is 5.91 Å². The van der Waals surface area contributed by atoms with Crippen LogP contribution in [0.2, 0.25) is 0 Å². The fraction of sp³-hybridized carbons (Fsp3) is 0.273. The lowest BCUT2D eigenvalue weighted by atomic mass is 9.86. The fourth-order valence-electron chi connectivity index (χ4n) is 3.21. The summed E-state index contributed by atoms with van der Waals surface area (Å²) in [6.07, 6.45) is 0. The zero-order valence-electron chi connectivity index (χ0n) is 16.9. The molecular formula is C22H22FN5O2. The number of nitrogens with one attached hydrogen (secondary N) is 1. The van der Waals surface area contributed by atoms with Crippen molar-refractivity contribution in [3.8, 4) is 6.07 Å². The summed E-state index contributed by atoms with van der Waals surface area (Å²) in [5.74, 6) is -1.67. The lowest BCUT2D eigenvalue weighted by Crippen LogP contribution is -2.52. The van der Waals surface area contributed by atoms with Crippen LogP contribution in [0.15, 0.2) is 42.5 Å². The summed E-state index contributed by atoms with van der Waals surface area (Å²) in [4.78, 5) is 24.8. The highest BCUT2D eigenvalue weighted by Gasteiger charge is 2.32. The number of aromatic nitrogens is 2. The van der Waals surface area contributed by atoms with Crippen LogP contribution >= 0.6 is 0 Å². The number of carbonyl (C=O) groups is 2. The quantitative estimate of drug-likeness (QED) is 0.677. The maximum atomic E-state index is 13.9. The minimum atomic E-state index is -0.899. The van der Waals surface area contributed by atoms with Gasteiger partial charge in [0.15, 0.2) is 5.69 Å². The Morgan fingerprint density at radius 1 is 1.23 bits per heavy atom. The number of halogens is 1. The molecule has 0 saturated heterocycles. The van der Waals surface area contributed by atoms with E-state index in [1.807, 2.05) is 0 Å². The van der Waals surface area contributed by atoms with Crippen LogP contribution in [0, 0.1) is 22.6 Å². The highest BCUT2D eigenvalue weighted by atomic mass is 19.1. The molecule has 1 aromatic heterocycles. The van der Waals surface area contributed by atoms with E-state index in [0.717, 1.165) is 5.56 Å². The number of nitrogens with two attached hydrogens (primary N) is 1. The second kappa shape index (κ2) is 7.95. The number of benzene rings is 2. The predicted octanol–water partition coefficient (Wildman–Crippen LogP) is 2.73. The molecule has 0 unspecified atom stereocenters. The average molecular weight is 407 g/mol. The number of nitriles is 1. The summed E-state index contributed by atoms with van der Waals surface area (Å²) in [7, 11) is 0. The van der Waals surface area contributed by atoms with Gasteiger partial charge in [0.05, 0.1) is 23.7 Å². The summed E-state index contributed by atoms with van der Waals surface area (Å²) in [5, 5.41) is 16.4. The predicted molar refractivity (Wildman–Crippen MR) is 110 cm³/mol. The van der Waals surface area contributed by atoms with Crippen molar-refractivity contribution in [1.82, 2.24) is 15.1 Å². The number of carbonyl (C=O) groups excluding carboxylic acids is 2. The zero-order chi connectivity index (χ0) is 22.1. The first-order chi connectivity index (χ1) is 14.1. The number of rotatable bonds is 5. The summed E-state index contributed by atoms with van der Waals surface area (Å²) in [5.41, 5.74) is 6.75. The maximum absolute atomic E-state index is 13.9. The van der Waals surface area contributed by atoms with Gasteiger partial charge in [-0.15, -0.1) is 0 Å². The number of hydrogen-bond acceptors (Lipinski definition) is 4. The molecule has 0 fully saturated rings. The van der Waals surface area contributed by atoms with E-state index in [0.29, 0.717) is 16.5 Å². The van der Waals surface area contributed by atoms with Crippen molar-refractivity contribution in [2.45, 2.75) is 33.4 Å². The van der Waals surface area contributed by atoms with Gasteiger partial charge in [0.1, 0.15) is 11.9 Å². The van der Waals surface area contributed by atoms with Gasteiger partial charge < -0.3 is 11.1 Å². The Labute approximate surface area is 173 Å². The molecule has 2 amide bonds. The van der Waals surface area contributed by atoms with Gasteiger partial charge in [0, 0.05) is 5.39 Å². The van der Waals surface area contributed by atoms with Gasteiger partial charge in [-0.25, -0.2) is 4.39 Å². The Bertz CT molecular complexity index is 1150. The van der Waals surface area contributed by atoms with Crippen LogP contribution in [0.3, 0.4) is 0 Å². The molecule has 0 aliphatic rings. The van der Waals surface area contributed by atoms with Gasteiger partial charge in [-0.2, -0.15) is 10.4 Å². The molecule has 0 radical (unpaired) electrons. The Morgan fingerprint density at radius 2 is 1.90 bits per heavy atom. The largest absolute Gasteiger partial charge is 0.368 e. The van der Waals surface area contributed by atoms with Crippen molar-refractivity contribution in [3.63, 3.8) is 0 Å². The molecule has 0 saturated carbocycles. The number of hydrogen-bond donors (Lipinski definition) is 2. The molecule has 30 heavy (non-hydrogen) atoms. The molecule has 0 aliphatic carbocycles. The van der Waals surface area contributed by atoms with Crippen LogP contribution in [0.4, 0.5) is 4.39 Å². The fourth-order valence-corrected chi connectivity index (χ4v) is 3.21. The molecule has 0 aliphatic heterocycles. The Hall–Kier alpha value is -3.73. The molecular weight excluding hydrogens is 385 g/mol. The molecule has 3 rings (SSSR count). The maximum Gasteiger partial charge on any atom is 0.273 e. The van der Waals surface area contributed by atoms with Crippen molar-refractivity contribution in [1.29, 1.82) is 5.26 Å². The SMILES string of the molecule is CC(C)(C)[C@H](NC(=O)c1nn(Cc2ccc(C#N)cc2)c2cc(F)ccc12)C(N)=O. The normalized spacial score (nSPS) is 12.4. The first-order valence-corrected chi connectivity index (χ1v) is 9.35. The third-order valence-electron chi connectivity index (χ3n) is 4.77. The number of amides is 2. The number of primary amides is 1. The minimum absolute atomic E-state index is 0.0779. The van der Waals surface area contributed by atoms with E-state index in [4.69, 9.17) is 11.0 Å². The molecule has 154 valence electrons. The second-order valence-corrected chi connectivity index (χ2v) is 8.15. The Morgan fingerprint density at radius 3 is 2.47 bits per heavy atom. The smallest absolute Gasteiger partial charge is 0.273 e. The number of nitrogens with zero attached hydrogens (tertiary/aromatic N) is 3. The zero-order valence-corrected chi connectivity index (χ0v) is 16.9. The van der Waals surface area contributed by atoms with Crippen molar-refractivity contribution < 1.29 is 14.0 Å². The Balaban J connectivity index is 2.00. The number of fused-ring (bicyclic) bond motifs is 1. The highest BCUT2D eigenvalue weighted by Crippen LogP contribution is 2.23. The highest BCUT2D eigenvalue weighted by molar-refractivity contribution is 6.06. The van der Waals surface area contributed by atoms with Crippen LogP contribution in [-0.4, -0.2) is 27.6 Å². The first-order valence-electron chi connectivity index (χ1n) is 9.35. The van der Waals surface area contributed by atoms with Crippen LogP contribution in [0.25, 0.3) is 10.9 Å². The molecule has 1 heterocycles. The summed E-state index contributed by atoms with van der Waals surface area (Å²) >= 11 is 0. The van der Waals surface area contributed by atoms with E-state index in [1.165, 1.54) is 22.9 Å². The van der Waals surface area contributed by atoms with E-state index < -0.39 is 29.1 Å². The van der Waals surface area contributed by atoms with Crippen LogP contribution in [0.1, 0.15) is 42.4 Å². The standard InChI is InChI=1S/C22H22FN5O2/c1-22(2,3)19(20(25)29)26-21(30)18-16-9-8-15(23)10-17(16)28(27-18)12-14-6-4-13(11-24)5-7-14/h4-10,19H,12H2,1-3H3,(H2,25,29)(H,26,30)/t19-/m1/s1. The molecule has 8 heteroatoms. The molecule has 0 spiro atoms. The average Bonchev–Trinajstić information content (AvgIpc) is 3.03. The second-order valence-electron chi connectivity index (χ2n) is 8.15. The lowest BCUT2D eigenvalue weighted by Gasteiger charge is -2.28. The van der Waals surface area contributed by atoms with Gasteiger partial charge in [-0.1, -0.05) is 32.9 Å². The van der Waals surface area contributed by atoms with E-state index >= 15 is 0 Å². The first kappa shape index (κ1) is 21.0. The van der Waals surface area contributed by atoms with E-state index in [9.17, 15) is 14.0 Å². The van der Waals surface area contributed by atoms with Crippen molar-refractivity contribution in [2.24, 2.45) is 11.1 Å². The monoisotopic (exact) mass is 407 g/mol. The summed E-state index contributed by atoms with van der Waals surface area (Å²) < 4.78 is 15.4. The molecule has 3 N–H and O–H groups in total. The summed E-state index contributed by atoms with van der Waals surface area (Å²) in [6.45, 7) is 5.65. The van der Waals surface area contributed by atoms with Crippen molar-refractivity contribution in [3.05, 3.63) is 65.1 Å². The minimum Gasteiger partial charge on any atom is -0.368 e. The van der Waals surface area contributed by atoms with Crippen LogP contribution in [-0.2, 0) is 11.3 Å². The summed E-state index contributed by atoms with van der Waals surface area (Å²) in [6, 6.07) is 12.1. The molecule has 7 nitrogen and oxygen atoms in total. The molecule has 2 aromatic carbocycles. The Kier molecular flexibility index (Phi) is 5.56. The van der Waals surface area contributed by atoms with Gasteiger partial charge >= 0.3 is 0 Å². The van der Waals surface area contributed by atoms with Gasteiger partial charge in [-0.05, 0) is 41.3 Å². The van der Waals surface area contributed by atoms with Gasteiger partial charge in [-0.3, -0.25) is 14.3 Å². The van der Waals surface area contributed by atoms with Crippen molar-refractivity contribution in [2.75, 3.05) is 0 Å². The van der Waals surface area contributed by atoms with Crippen molar-refractivity contribution >= 4 is 22.7 Å². The lowest BCUT2D eigenvalue weighted by molar-refractivity contribution is -0.122. The topological polar surface area (TPSA) is 114 Å². The van der Waals surface area contributed by atoms with E-state index in [1.54, 1.807) is 45.0 Å². The molecule has 1 atom stereocenters. The van der Waals surface area contributed by atoms with E-state index in [2.05, 4.69) is 16.5 Å². The third-order valence-corrected chi connectivity index (χ3v) is 4.77. The van der Waals surface area contributed by atoms with Crippen LogP contribution < -0.4 is 11.1 Å². The van der Waals surface area contributed by atoms with Crippen LogP contribution in [0.5, 0.6) is 0 Å². The van der Waals surface area contributed by atoms with Gasteiger partial charge in [0.2, 0.25) is 5.91 Å².